The average Bonchev–Trinajstić information content (AvgIpc) is 3.42. The summed E-state index contributed by atoms with van der Waals surface area (Å²) in [6.07, 6.45) is 1.85. The van der Waals surface area contributed by atoms with Crippen LogP contribution in [0.1, 0.15) is 25.3 Å². The van der Waals surface area contributed by atoms with E-state index in [9.17, 15) is 9.59 Å². The normalized spacial score (nSPS) is 18.6. The van der Waals surface area contributed by atoms with Crippen LogP contribution in [0.5, 0.6) is 0 Å². The van der Waals surface area contributed by atoms with Gasteiger partial charge in [0.1, 0.15) is 0 Å². The summed E-state index contributed by atoms with van der Waals surface area (Å²) in [5.74, 6) is 0. The van der Waals surface area contributed by atoms with E-state index < -0.39 is 0 Å². The van der Waals surface area contributed by atoms with Gasteiger partial charge in [-0.05, 0) is 37.5 Å². The Morgan fingerprint density at radius 2 is 1.72 bits per heavy atom. The number of ether oxygens (including phenoxy) is 1. The first-order valence-electron chi connectivity index (χ1n) is 8.74. The Labute approximate surface area is 153 Å². The highest BCUT2D eigenvalue weighted by Gasteiger charge is 2.44. The maximum Gasteiger partial charge on any atom is 0.409 e. The van der Waals surface area contributed by atoms with Gasteiger partial charge >= 0.3 is 12.1 Å². The maximum atomic E-state index is 12.4. The molecule has 1 N–H and O–H groups in total. The molecule has 2 aliphatic rings. The van der Waals surface area contributed by atoms with Crippen molar-refractivity contribution in [2.75, 3.05) is 39.3 Å². The molecule has 0 bridgehead atoms. The van der Waals surface area contributed by atoms with E-state index >= 15 is 0 Å². The Morgan fingerprint density at radius 3 is 2.28 bits per heavy atom. The molecule has 6 nitrogen and oxygen atoms in total. The van der Waals surface area contributed by atoms with Gasteiger partial charge in [-0.1, -0.05) is 23.7 Å². The van der Waals surface area contributed by atoms with E-state index in [1.807, 2.05) is 24.3 Å². The molecule has 2 fully saturated rings. The molecule has 1 saturated carbocycles. The lowest BCUT2D eigenvalue weighted by Gasteiger charge is -2.34. The molecule has 3 amide bonds. The van der Waals surface area contributed by atoms with Crippen LogP contribution < -0.4 is 5.32 Å². The lowest BCUT2D eigenvalue weighted by Crippen LogP contribution is -2.54. The fourth-order valence-corrected chi connectivity index (χ4v) is 3.31. The minimum Gasteiger partial charge on any atom is -0.450 e. The van der Waals surface area contributed by atoms with E-state index in [2.05, 4.69) is 5.32 Å². The first-order chi connectivity index (χ1) is 12.0. The Bertz CT molecular complexity index is 623. The number of carbonyl (C=O) groups is 2. The highest BCUT2D eigenvalue weighted by molar-refractivity contribution is 6.30. The molecule has 1 aromatic carbocycles. The fraction of sp³-hybridized carbons (Fsp3) is 0.556. The number of halogens is 1. The Hall–Kier alpha value is -1.95. The smallest absolute Gasteiger partial charge is 0.409 e. The van der Waals surface area contributed by atoms with Crippen molar-refractivity contribution in [3.05, 3.63) is 34.9 Å². The van der Waals surface area contributed by atoms with Crippen LogP contribution in [0.25, 0.3) is 0 Å². The molecular formula is C18H24ClN3O3. The van der Waals surface area contributed by atoms with Gasteiger partial charge in [0.25, 0.3) is 0 Å². The van der Waals surface area contributed by atoms with Gasteiger partial charge < -0.3 is 19.9 Å². The molecule has 3 rings (SSSR count). The second-order valence-electron chi connectivity index (χ2n) is 6.62. The zero-order valence-corrected chi connectivity index (χ0v) is 15.2. The summed E-state index contributed by atoms with van der Waals surface area (Å²) < 4.78 is 4.99. The summed E-state index contributed by atoms with van der Waals surface area (Å²) in [4.78, 5) is 27.5. The second-order valence-corrected chi connectivity index (χ2v) is 7.06. The first-order valence-corrected chi connectivity index (χ1v) is 9.12. The molecule has 1 heterocycles. The third kappa shape index (κ3) is 4.18. The van der Waals surface area contributed by atoms with E-state index in [4.69, 9.17) is 16.3 Å². The van der Waals surface area contributed by atoms with Crippen LogP contribution in [0.4, 0.5) is 9.59 Å². The molecule has 7 heteroatoms. The highest BCUT2D eigenvalue weighted by atomic mass is 35.5. The van der Waals surface area contributed by atoms with Crippen LogP contribution in [-0.2, 0) is 10.2 Å². The topological polar surface area (TPSA) is 61.9 Å². The zero-order valence-electron chi connectivity index (χ0n) is 14.5. The number of hydrogen-bond acceptors (Lipinski definition) is 3. The van der Waals surface area contributed by atoms with Crippen molar-refractivity contribution < 1.29 is 14.3 Å². The van der Waals surface area contributed by atoms with E-state index in [1.165, 1.54) is 5.56 Å². The average molecular weight is 366 g/mol. The number of piperazine rings is 1. The Kier molecular flexibility index (Phi) is 5.37. The molecule has 136 valence electrons. The molecular weight excluding hydrogens is 342 g/mol. The van der Waals surface area contributed by atoms with Gasteiger partial charge in [0, 0.05) is 43.2 Å². The van der Waals surface area contributed by atoms with Crippen LogP contribution in [0.2, 0.25) is 5.02 Å². The standard InChI is InChI=1S/C18H24ClN3O3/c1-2-25-17(24)22-11-9-21(10-12-22)16(23)20-13-18(7-8-18)14-3-5-15(19)6-4-14/h3-6H,2,7-13H2,1H3,(H,20,23). The Morgan fingerprint density at radius 1 is 1.12 bits per heavy atom. The van der Waals surface area contributed by atoms with Gasteiger partial charge in [-0.2, -0.15) is 0 Å². The van der Waals surface area contributed by atoms with Gasteiger partial charge in [-0.25, -0.2) is 9.59 Å². The largest absolute Gasteiger partial charge is 0.450 e. The quantitative estimate of drug-likeness (QED) is 0.892. The van der Waals surface area contributed by atoms with Crippen molar-refractivity contribution in [1.29, 1.82) is 0 Å². The van der Waals surface area contributed by atoms with Gasteiger partial charge in [-0.15, -0.1) is 0 Å². The number of nitrogens with zero attached hydrogens (tertiary/aromatic N) is 2. The molecule has 25 heavy (non-hydrogen) atoms. The van der Waals surface area contributed by atoms with E-state index in [1.54, 1.807) is 16.7 Å². The molecule has 0 aromatic heterocycles. The number of urea groups is 1. The summed E-state index contributed by atoms with van der Waals surface area (Å²) in [5.41, 5.74) is 1.27. The minimum atomic E-state index is -0.303. The first kappa shape index (κ1) is 17.9. The van der Waals surface area contributed by atoms with Crippen LogP contribution in [0.15, 0.2) is 24.3 Å². The minimum absolute atomic E-state index is 0.0486. The van der Waals surface area contributed by atoms with Crippen LogP contribution >= 0.6 is 11.6 Å². The molecule has 0 spiro atoms. The van der Waals surface area contributed by atoms with Crippen LogP contribution in [0, 0.1) is 0 Å². The van der Waals surface area contributed by atoms with E-state index in [0.29, 0.717) is 39.3 Å². The number of nitrogens with one attached hydrogen (secondary N) is 1. The third-order valence-electron chi connectivity index (χ3n) is 4.98. The van der Waals surface area contributed by atoms with Crippen molar-refractivity contribution in [1.82, 2.24) is 15.1 Å². The predicted octanol–water partition coefficient (Wildman–Crippen LogP) is 2.86. The number of benzene rings is 1. The van der Waals surface area contributed by atoms with E-state index in [-0.39, 0.29) is 17.5 Å². The predicted molar refractivity (Wildman–Crippen MR) is 95.9 cm³/mol. The summed E-state index contributed by atoms with van der Waals surface area (Å²) in [5, 5.41) is 3.78. The molecule has 1 saturated heterocycles. The molecule has 1 aliphatic carbocycles. The van der Waals surface area contributed by atoms with Crippen LogP contribution in [0.3, 0.4) is 0 Å². The number of rotatable bonds is 4. The molecule has 0 atom stereocenters. The van der Waals surface area contributed by atoms with Gasteiger partial charge in [0.15, 0.2) is 0 Å². The summed E-state index contributed by atoms with van der Waals surface area (Å²) in [6, 6.07) is 7.81. The molecule has 1 aliphatic heterocycles. The molecule has 0 unspecified atom stereocenters. The monoisotopic (exact) mass is 365 g/mol. The van der Waals surface area contributed by atoms with Crippen molar-refractivity contribution in [2.45, 2.75) is 25.2 Å². The number of carbonyl (C=O) groups excluding carboxylic acids is 2. The SMILES string of the molecule is CCOC(=O)N1CCN(C(=O)NCC2(c3ccc(Cl)cc3)CC2)CC1. The summed E-state index contributed by atoms with van der Waals surface area (Å²) >= 11 is 5.95. The Balaban J connectivity index is 1.47. The highest BCUT2D eigenvalue weighted by Crippen LogP contribution is 2.47. The van der Waals surface area contributed by atoms with E-state index in [0.717, 1.165) is 17.9 Å². The van der Waals surface area contributed by atoms with Gasteiger partial charge in [-0.3, -0.25) is 0 Å². The third-order valence-corrected chi connectivity index (χ3v) is 5.23. The summed E-state index contributed by atoms with van der Waals surface area (Å²) in [6.45, 7) is 4.86. The van der Waals surface area contributed by atoms with Crippen molar-refractivity contribution >= 4 is 23.7 Å². The summed E-state index contributed by atoms with van der Waals surface area (Å²) in [7, 11) is 0. The lowest BCUT2D eigenvalue weighted by molar-refractivity contribution is 0.0851. The molecule has 0 radical (unpaired) electrons. The van der Waals surface area contributed by atoms with Crippen LogP contribution in [-0.4, -0.2) is 61.3 Å². The van der Waals surface area contributed by atoms with Gasteiger partial charge in [0.2, 0.25) is 0 Å². The number of hydrogen-bond donors (Lipinski definition) is 1. The fourth-order valence-electron chi connectivity index (χ4n) is 3.19. The second kappa shape index (κ2) is 7.52. The zero-order chi connectivity index (χ0) is 17.9. The lowest BCUT2D eigenvalue weighted by atomic mass is 9.96. The van der Waals surface area contributed by atoms with Crippen molar-refractivity contribution in [3.63, 3.8) is 0 Å². The van der Waals surface area contributed by atoms with Crippen molar-refractivity contribution in [3.8, 4) is 0 Å². The maximum absolute atomic E-state index is 12.4. The molecule has 1 aromatic rings. The van der Waals surface area contributed by atoms with Gasteiger partial charge in [0.05, 0.1) is 6.61 Å². The van der Waals surface area contributed by atoms with Crippen molar-refractivity contribution in [2.24, 2.45) is 0 Å². The number of amides is 3.